The summed E-state index contributed by atoms with van der Waals surface area (Å²) in [7, 11) is -2.21. The number of carbonyl (C=O) groups excluding carboxylic acids is 2. The van der Waals surface area contributed by atoms with Crippen LogP contribution in [0.4, 0.5) is 0 Å². The van der Waals surface area contributed by atoms with Crippen LogP contribution in [0.15, 0.2) is 30.5 Å². The van der Waals surface area contributed by atoms with Crippen molar-refractivity contribution < 1.29 is 18.8 Å². The second-order valence-corrected chi connectivity index (χ2v) is 12.6. The molecular weight excluding hydrogens is 346 g/mol. The lowest BCUT2D eigenvalue weighted by Crippen LogP contribution is -2.51. The third kappa shape index (κ3) is 5.03. The van der Waals surface area contributed by atoms with Crippen LogP contribution in [0.5, 0.6) is 5.75 Å². The van der Waals surface area contributed by atoms with E-state index < -0.39 is 14.3 Å². The quantitative estimate of drug-likeness (QED) is 0.264. The van der Waals surface area contributed by atoms with Gasteiger partial charge in [0.2, 0.25) is 5.78 Å². The molecule has 0 saturated heterocycles. The molecule has 1 rings (SSSR count). The minimum Gasteiger partial charge on any atom is -0.541 e. The molecule has 1 aromatic rings. The fourth-order valence-corrected chi connectivity index (χ4v) is 8.87. The fraction of sp³-hybridized carbons (Fsp3) is 0.550. The molecule has 0 saturated carbocycles. The maximum atomic E-state index is 12.5. The van der Waals surface area contributed by atoms with E-state index in [4.69, 9.17) is 9.16 Å². The molecule has 0 aliphatic heterocycles. The van der Waals surface area contributed by atoms with E-state index in [9.17, 15) is 9.59 Å². The van der Waals surface area contributed by atoms with E-state index in [0.717, 1.165) is 6.08 Å². The summed E-state index contributed by atoms with van der Waals surface area (Å²) in [6.07, 6.45) is 3.88. The number of rotatable bonds is 9. The highest BCUT2D eigenvalue weighted by molar-refractivity contribution is 6.78. The van der Waals surface area contributed by atoms with Gasteiger partial charge in [-0.3, -0.25) is 4.79 Å². The molecule has 5 nitrogen and oxygen atoms in total. The Morgan fingerprint density at radius 2 is 1.65 bits per heavy atom. The van der Waals surface area contributed by atoms with E-state index in [1.54, 1.807) is 25.3 Å². The number of hydrogen-bond acceptors (Lipinski definition) is 5. The van der Waals surface area contributed by atoms with Crippen LogP contribution in [0.2, 0.25) is 16.6 Å². The number of ketones is 1. The number of aromatic nitrogens is 1. The normalized spacial score (nSPS) is 12.2. The van der Waals surface area contributed by atoms with E-state index in [1.807, 2.05) is 0 Å². The number of nitrogens with zero attached hydrogens (tertiary/aromatic N) is 1. The highest BCUT2D eigenvalue weighted by atomic mass is 28.4. The Bertz CT molecular complexity index is 631. The first-order valence-electron chi connectivity index (χ1n) is 9.19. The Morgan fingerprint density at radius 3 is 2.15 bits per heavy atom. The van der Waals surface area contributed by atoms with Crippen molar-refractivity contribution >= 4 is 20.1 Å². The number of ether oxygens (including phenoxy) is 1. The minimum atomic E-state index is -2.21. The molecule has 0 aliphatic rings. The van der Waals surface area contributed by atoms with Gasteiger partial charge < -0.3 is 9.16 Å². The Morgan fingerprint density at radius 1 is 1.08 bits per heavy atom. The molecule has 0 aliphatic carbocycles. The Kier molecular flexibility index (Phi) is 8.21. The van der Waals surface area contributed by atoms with Crippen molar-refractivity contribution in [3.05, 3.63) is 36.2 Å². The summed E-state index contributed by atoms with van der Waals surface area (Å²) >= 11 is 0. The van der Waals surface area contributed by atoms with Crippen molar-refractivity contribution in [2.45, 2.75) is 65.1 Å². The smallest absolute Gasteiger partial charge is 0.330 e. The number of pyridine rings is 1. The summed E-state index contributed by atoms with van der Waals surface area (Å²) < 4.78 is 11.4. The summed E-state index contributed by atoms with van der Waals surface area (Å²) in [4.78, 5) is 28.2. The number of carbonyl (C=O) groups is 2. The Balaban J connectivity index is 3.23. The second kappa shape index (κ2) is 9.66. The molecule has 0 spiro atoms. The Labute approximate surface area is 157 Å². The highest BCUT2D eigenvalue weighted by Crippen LogP contribution is 2.43. The molecule has 1 heterocycles. The number of hydrogen-bond donors (Lipinski definition) is 0. The summed E-state index contributed by atoms with van der Waals surface area (Å²) in [5.74, 6) is -0.420. The second-order valence-electron chi connectivity index (χ2n) is 7.22. The van der Waals surface area contributed by atoms with Gasteiger partial charge in [-0.2, -0.15) is 0 Å². The molecule has 144 valence electrons. The zero-order chi connectivity index (χ0) is 19.9. The zero-order valence-electron chi connectivity index (χ0n) is 16.9. The summed E-state index contributed by atoms with van der Waals surface area (Å²) in [6.45, 7) is 15.1. The van der Waals surface area contributed by atoms with Crippen LogP contribution in [0.1, 0.15) is 59.0 Å². The lowest BCUT2D eigenvalue weighted by molar-refractivity contribution is -0.137. The van der Waals surface area contributed by atoms with Gasteiger partial charge in [-0.05, 0) is 41.8 Å². The maximum Gasteiger partial charge on any atom is 0.330 e. The average Bonchev–Trinajstić information content (AvgIpc) is 2.57. The van der Waals surface area contributed by atoms with Crippen molar-refractivity contribution in [3.8, 4) is 5.75 Å². The Hall–Kier alpha value is -1.95. The highest BCUT2D eigenvalue weighted by Gasteiger charge is 2.47. The molecule has 6 heteroatoms. The molecule has 26 heavy (non-hydrogen) atoms. The van der Waals surface area contributed by atoms with Crippen LogP contribution in [0, 0.1) is 0 Å². The van der Waals surface area contributed by atoms with Gasteiger partial charge in [-0.1, -0.05) is 41.5 Å². The van der Waals surface area contributed by atoms with Crippen molar-refractivity contribution in [1.29, 1.82) is 0 Å². The molecule has 0 fully saturated rings. The van der Waals surface area contributed by atoms with Gasteiger partial charge in [-0.25, -0.2) is 9.78 Å². The minimum absolute atomic E-state index is 0.229. The summed E-state index contributed by atoms with van der Waals surface area (Å²) in [5, 5.41) is 0. The predicted octanol–water partition coefficient (Wildman–Crippen LogP) is 4.94. The molecule has 0 unspecified atom stereocenters. The van der Waals surface area contributed by atoms with Crippen molar-refractivity contribution in [2.24, 2.45) is 0 Å². The van der Waals surface area contributed by atoms with Crippen LogP contribution in [-0.4, -0.2) is 31.7 Å². The van der Waals surface area contributed by atoms with Crippen LogP contribution in [0.3, 0.4) is 0 Å². The number of allylic oxidation sites excluding steroid dienone is 1. The van der Waals surface area contributed by atoms with Gasteiger partial charge in [-0.15, -0.1) is 0 Å². The van der Waals surface area contributed by atoms with Crippen molar-refractivity contribution in [3.63, 3.8) is 0 Å². The third-order valence-electron chi connectivity index (χ3n) is 4.66. The van der Waals surface area contributed by atoms with Crippen LogP contribution >= 0.6 is 0 Å². The van der Waals surface area contributed by atoms with E-state index in [0.29, 0.717) is 22.4 Å². The molecule has 0 amide bonds. The van der Waals surface area contributed by atoms with Gasteiger partial charge in [0.05, 0.1) is 6.61 Å². The van der Waals surface area contributed by atoms with Gasteiger partial charge in [0.15, 0.2) is 5.69 Å². The van der Waals surface area contributed by atoms with E-state index in [-0.39, 0.29) is 18.1 Å². The SMILES string of the molecule is CCOC(=O)/C=C/C(=O)c1ncccc1O[Si](C(C)C)(C(C)C)C(C)C. The van der Waals surface area contributed by atoms with Gasteiger partial charge in [0.1, 0.15) is 5.75 Å². The topological polar surface area (TPSA) is 65.5 Å². The molecule has 0 bridgehead atoms. The molecular formula is C20H31NO4Si. The van der Waals surface area contributed by atoms with Crippen molar-refractivity contribution in [1.82, 2.24) is 4.98 Å². The maximum absolute atomic E-state index is 12.5. The molecule has 0 aromatic carbocycles. The summed E-state index contributed by atoms with van der Waals surface area (Å²) in [6, 6.07) is 3.55. The predicted molar refractivity (Wildman–Crippen MR) is 106 cm³/mol. The van der Waals surface area contributed by atoms with Crippen LogP contribution < -0.4 is 4.43 Å². The van der Waals surface area contributed by atoms with E-state index in [2.05, 4.69) is 46.5 Å². The molecule has 1 aromatic heterocycles. The average molecular weight is 378 g/mol. The first-order valence-corrected chi connectivity index (χ1v) is 11.3. The number of esters is 1. The lowest BCUT2D eigenvalue weighted by Gasteiger charge is -2.42. The summed E-state index contributed by atoms with van der Waals surface area (Å²) in [5.41, 5.74) is 1.36. The standard InChI is InChI=1S/C20H31NO4Si/c1-8-24-19(23)12-11-17(22)20-18(10-9-13-21-20)25-26(14(2)3,15(4)5)16(6)7/h9-16H,8H2,1-7H3/b12-11+. The largest absolute Gasteiger partial charge is 0.541 e. The van der Waals surface area contributed by atoms with Gasteiger partial charge in [0.25, 0.3) is 8.32 Å². The monoisotopic (exact) mass is 377 g/mol. The van der Waals surface area contributed by atoms with Crippen LogP contribution in [0.25, 0.3) is 0 Å². The lowest BCUT2D eigenvalue weighted by atomic mass is 10.2. The molecule has 0 N–H and O–H groups in total. The van der Waals surface area contributed by atoms with Gasteiger partial charge >= 0.3 is 5.97 Å². The van der Waals surface area contributed by atoms with Crippen LogP contribution in [-0.2, 0) is 9.53 Å². The third-order valence-corrected chi connectivity index (χ3v) is 10.6. The van der Waals surface area contributed by atoms with Gasteiger partial charge in [0, 0.05) is 12.3 Å². The van der Waals surface area contributed by atoms with E-state index >= 15 is 0 Å². The van der Waals surface area contributed by atoms with Crippen molar-refractivity contribution in [2.75, 3.05) is 6.61 Å². The first-order chi connectivity index (χ1) is 12.2. The van der Waals surface area contributed by atoms with E-state index in [1.165, 1.54) is 6.08 Å². The first kappa shape index (κ1) is 22.1. The fourth-order valence-electron chi connectivity index (χ4n) is 3.61. The zero-order valence-corrected chi connectivity index (χ0v) is 17.9. The molecule has 0 atom stereocenters. The molecule has 0 radical (unpaired) electrons.